The molecule has 0 bridgehead atoms. The predicted octanol–water partition coefficient (Wildman–Crippen LogP) is 4.14. The first-order valence-electron chi connectivity index (χ1n) is 8.40. The van der Waals surface area contributed by atoms with Gasteiger partial charge in [-0.15, -0.1) is 5.10 Å². The molecule has 1 N–H and O–H groups in total. The highest BCUT2D eigenvalue weighted by molar-refractivity contribution is 7.98. The van der Waals surface area contributed by atoms with Crippen LogP contribution in [0.25, 0.3) is 12.2 Å². The van der Waals surface area contributed by atoms with E-state index >= 15 is 0 Å². The molecule has 0 aliphatic heterocycles. The van der Waals surface area contributed by atoms with Gasteiger partial charge in [0.25, 0.3) is 0 Å². The maximum atomic E-state index is 5.48. The van der Waals surface area contributed by atoms with Crippen LogP contribution in [0.1, 0.15) is 34.6 Å². The van der Waals surface area contributed by atoms with Crippen molar-refractivity contribution in [2.24, 2.45) is 0 Å². The van der Waals surface area contributed by atoms with Gasteiger partial charge in [-0.05, 0) is 36.8 Å². The average molecular weight is 379 g/mol. The summed E-state index contributed by atoms with van der Waals surface area (Å²) < 4.78 is 10.8. The zero-order valence-corrected chi connectivity index (χ0v) is 15.4. The van der Waals surface area contributed by atoms with E-state index in [-0.39, 0.29) is 0 Å². The van der Waals surface area contributed by atoms with E-state index in [9.17, 15) is 0 Å². The van der Waals surface area contributed by atoms with Gasteiger partial charge in [-0.2, -0.15) is 4.98 Å². The topological polar surface area (TPSA) is 93.6 Å². The lowest BCUT2D eigenvalue weighted by atomic mass is 10.1. The third-order valence-electron chi connectivity index (χ3n) is 3.69. The lowest BCUT2D eigenvalue weighted by Gasteiger charge is -1.94. The smallest absolute Gasteiger partial charge is 0.237 e. The van der Waals surface area contributed by atoms with Crippen molar-refractivity contribution in [2.45, 2.75) is 24.3 Å². The molecule has 7 nitrogen and oxygen atoms in total. The normalized spacial score (nSPS) is 11.4. The minimum absolute atomic E-state index is 0.514. The van der Waals surface area contributed by atoms with Crippen molar-refractivity contribution in [3.63, 3.8) is 0 Å². The molecule has 0 unspecified atom stereocenters. The molecule has 0 aliphatic carbocycles. The number of rotatable bonds is 7. The van der Waals surface area contributed by atoms with Crippen LogP contribution in [0.2, 0.25) is 0 Å². The van der Waals surface area contributed by atoms with Crippen LogP contribution in [0.3, 0.4) is 0 Å². The molecule has 0 saturated carbocycles. The number of hydrogen-bond acceptors (Lipinski definition) is 7. The van der Waals surface area contributed by atoms with E-state index in [4.69, 9.17) is 8.94 Å². The molecule has 0 saturated heterocycles. The fourth-order valence-corrected chi connectivity index (χ4v) is 3.07. The van der Waals surface area contributed by atoms with Gasteiger partial charge < -0.3 is 8.94 Å². The number of thioether (sulfide) groups is 1. The van der Waals surface area contributed by atoms with Crippen molar-refractivity contribution < 1.29 is 8.94 Å². The van der Waals surface area contributed by atoms with Crippen molar-refractivity contribution >= 4 is 23.9 Å². The Morgan fingerprint density at radius 2 is 1.96 bits per heavy atom. The molecular weight excluding hydrogens is 362 g/mol. The van der Waals surface area contributed by atoms with E-state index < -0.39 is 0 Å². The SMILES string of the molecule is Cc1ccc(C=Cc2nc(SCc3nc(Cc4ccccc4)no3)n[nH]2)o1. The second-order valence-corrected chi connectivity index (χ2v) is 6.78. The van der Waals surface area contributed by atoms with Gasteiger partial charge in [0.2, 0.25) is 11.0 Å². The molecule has 4 rings (SSSR count). The van der Waals surface area contributed by atoms with Gasteiger partial charge in [-0.1, -0.05) is 47.3 Å². The second kappa shape index (κ2) is 8.05. The Morgan fingerprint density at radius 3 is 2.78 bits per heavy atom. The van der Waals surface area contributed by atoms with Crippen LogP contribution in [0.4, 0.5) is 0 Å². The summed E-state index contributed by atoms with van der Waals surface area (Å²) in [5.41, 5.74) is 1.15. The molecule has 0 atom stereocenters. The summed E-state index contributed by atoms with van der Waals surface area (Å²) in [5.74, 6) is 4.04. The summed E-state index contributed by atoms with van der Waals surface area (Å²) in [7, 11) is 0. The Kier molecular flexibility index (Phi) is 5.15. The number of aromatic amines is 1. The predicted molar refractivity (Wildman–Crippen MR) is 102 cm³/mol. The van der Waals surface area contributed by atoms with Gasteiger partial charge in [0.15, 0.2) is 5.82 Å². The monoisotopic (exact) mass is 379 g/mol. The Hall–Kier alpha value is -3.13. The highest BCUT2D eigenvalue weighted by atomic mass is 32.2. The number of nitrogens with one attached hydrogen (secondary N) is 1. The van der Waals surface area contributed by atoms with Crippen LogP contribution in [0, 0.1) is 6.92 Å². The Labute approximate surface area is 159 Å². The highest BCUT2D eigenvalue weighted by Gasteiger charge is 2.10. The van der Waals surface area contributed by atoms with Gasteiger partial charge in [0, 0.05) is 6.42 Å². The number of H-pyrrole nitrogens is 1. The van der Waals surface area contributed by atoms with Gasteiger partial charge in [-0.25, -0.2) is 4.98 Å². The summed E-state index contributed by atoms with van der Waals surface area (Å²) in [4.78, 5) is 8.81. The second-order valence-electron chi connectivity index (χ2n) is 5.84. The molecule has 0 fully saturated rings. The van der Waals surface area contributed by atoms with Gasteiger partial charge in [0.05, 0.1) is 5.75 Å². The van der Waals surface area contributed by atoms with Crippen LogP contribution in [0.15, 0.2) is 56.6 Å². The van der Waals surface area contributed by atoms with E-state index in [1.54, 1.807) is 0 Å². The molecule has 0 spiro atoms. The maximum Gasteiger partial charge on any atom is 0.237 e. The molecule has 3 heterocycles. The number of aromatic nitrogens is 5. The lowest BCUT2D eigenvalue weighted by Crippen LogP contribution is -1.90. The quantitative estimate of drug-likeness (QED) is 0.482. The van der Waals surface area contributed by atoms with Gasteiger partial charge in [0.1, 0.15) is 17.3 Å². The molecule has 0 aliphatic rings. The number of nitrogens with zero attached hydrogens (tertiary/aromatic N) is 4. The molecule has 27 heavy (non-hydrogen) atoms. The Morgan fingerprint density at radius 1 is 1.07 bits per heavy atom. The minimum Gasteiger partial charge on any atom is -0.462 e. The zero-order valence-electron chi connectivity index (χ0n) is 14.6. The van der Waals surface area contributed by atoms with Crippen molar-refractivity contribution in [1.29, 1.82) is 0 Å². The Balaban J connectivity index is 1.32. The van der Waals surface area contributed by atoms with Crippen LogP contribution in [-0.4, -0.2) is 25.3 Å². The zero-order chi connectivity index (χ0) is 18.5. The first-order valence-corrected chi connectivity index (χ1v) is 9.38. The fourth-order valence-electron chi connectivity index (χ4n) is 2.43. The highest BCUT2D eigenvalue weighted by Crippen LogP contribution is 2.19. The summed E-state index contributed by atoms with van der Waals surface area (Å²) in [5, 5.41) is 11.7. The maximum absolute atomic E-state index is 5.48. The van der Waals surface area contributed by atoms with Crippen LogP contribution in [0.5, 0.6) is 0 Å². The van der Waals surface area contributed by atoms with Crippen LogP contribution in [-0.2, 0) is 12.2 Å². The fraction of sp³-hybridized carbons (Fsp3) is 0.158. The number of hydrogen-bond donors (Lipinski definition) is 1. The number of furan rings is 1. The van der Waals surface area contributed by atoms with Crippen molar-refractivity contribution in [1.82, 2.24) is 25.3 Å². The lowest BCUT2D eigenvalue weighted by molar-refractivity contribution is 0.385. The molecule has 8 heteroatoms. The molecule has 0 radical (unpaired) electrons. The summed E-state index contributed by atoms with van der Waals surface area (Å²) in [6.45, 7) is 1.91. The van der Waals surface area contributed by atoms with E-state index in [0.29, 0.717) is 34.9 Å². The number of aryl methyl sites for hydroxylation is 1. The minimum atomic E-state index is 0.514. The van der Waals surface area contributed by atoms with Crippen molar-refractivity contribution in [2.75, 3.05) is 0 Å². The molecule has 4 aromatic rings. The molecular formula is C19H17N5O2S. The largest absolute Gasteiger partial charge is 0.462 e. The first kappa shape index (κ1) is 17.3. The molecule has 1 aromatic carbocycles. The van der Waals surface area contributed by atoms with Gasteiger partial charge in [-0.3, -0.25) is 5.10 Å². The molecule has 0 amide bonds. The third kappa shape index (κ3) is 4.73. The third-order valence-corrected chi connectivity index (χ3v) is 4.52. The summed E-state index contributed by atoms with van der Waals surface area (Å²) in [6, 6.07) is 13.9. The van der Waals surface area contributed by atoms with Gasteiger partial charge >= 0.3 is 0 Å². The van der Waals surface area contributed by atoms with Crippen LogP contribution >= 0.6 is 11.8 Å². The van der Waals surface area contributed by atoms with E-state index in [2.05, 4.69) is 25.3 Å². The van der Waals surface area contributed by atoms with Crippen molar-refractivity contribution in [3.05, 3.63) is 77.1 Å². The first-order chi connectivity index (χ1) is 13.2. The Bertz CT molecular complexity index is 1040. The van der Waals surface area contributed by atoms with E-state index in [0.717, 1.165) is 17.1 Å². The average Bonchev–Trinajstić information content (AvgIpc) is 3.41. The number of benzene rings is 1. The van der Waals surface area contributed by atoms with E-state index in [1.807, 2.05) is 61.5 Å². The van der Waals surface area contributed by atoms with Crippen LogP contribution < -0.4 is 0 Å². The summed E-state index contributed by atoms with van der Waals surface area (Å²) >= 11 is 1.43. The summed E-state index contributed by atoms with van der Waals surface area (Å²) in [6.07, 6.45) is 4.31. The molecule has 3 aromatic heterocycles. The van der Waals surface area contributed by atoms with Crippen molar-refractivity contribution in [3.8, 4) is 0 Å². The standard InChI is InChI=1S/C19H17N5O2S/c1-13-7-8-15(25-13)9-10-16-21-19(23-22-16)27-12-18-20-17(24-26-18)11-14-5-3-2-4-6-14/h2-10H,11-12H2,1H3,(H,21,22,23). The van der Waals surface area contributed by atoms with E-state index in [1.165, 1.54) is 11.8 Å². The molecule has 136 valence electrons.